The number of carbonyl (C=O) groups excluding carboxylic acids is 1. The van der Waals surface area contributed by atoms with Gasteiger partial charge >= 0.3 is 0 Å². The highest BCUT2D eigenvalue weighted by atomic mass is 35.5. The lowest BCUT2D eigenvalue weighted by Crippen LogP contribution is -2.28. The van der Waals surface area contributed by atoms with Gasteiger partial charge in [-0.2, -0.15) is 0 Å². The van der Waals surface area contributed by atoms with Crippen LogP contribution in [0.5, 0.6) is 0 Å². The van der Waals surface area contributed by atoms with Gasteiger partial charge in [0.1, 0.15) is 5.78 Å². The van der Waals surface area contributed by atoms with Crippen LogP contribution >= 0.6 is 11.6 Å². The predicted octanol–water partition coefficient (Wildman–Crippen LogP) is 2.86. The van der Waals surface area contributed by atoms with E-state index in [4.69, 9.17) is 16.7 Å². The van der Waals surface area contributed by atoms with Crippen molar-refractivity contribution in [2.24, 2.45) is 5.41 Å². The molecule has 0 saturated carbocycles. The molecule has 0 amide bonds. The zero-order valence-corrected chi connectivity index (χ0v) is 10.4. The lowest BCUT2D eigenvalue weighted by Gasteiger charge is -2.19. The van der Waals surface area contributed by atoms with Crippen molar-refractivity contribution >= 4 is 17.4 Å². The Kier molecular flexibility index (Phi) is 4.51. The Morgan fingerprint density at radius 3 is 2.56 bits per heavy atom. The summed E-state index contributed by atoms with van der Waals surface area (Å²) in [5, 5.41) is 9.76. The number of aryl methyl sites for hydroxylation is 1. The van der Waals surface area contributed by atoms with Gasteiger partial charge in [0.25, 0.3) is 0 Å². The summed E-state index contributed by atoms with van der Waals surface area (Å²) in [6.07, 6.45) is 1.04. The smallest absolute Gasteiger partial charge is 0.141 e. The third-order valence-corrected chi connectivity index (χ3v) is 3.10. The average Bonchev–Trinajstić information content (AvgIpc) is 2.27. The first kappa shape index (κ1) is 13.2. The van der Waals surface area contributed by atoms with Crippen molar-refractivity contribution in [3.63, 3.8) is 0 Å². The summed E-state index contributed by atoms with van der Waals surface area (Å²) in [5.74, 6) is 0.0647. The van der Waals surface area contributed by atoms with Gasteiger partial charge < -0.3 is 5.11 Å². The van der Waals surface area contributed by atoms with E-state index in [1.54, 1.807) is 13.8 Å². The van der Waals surface area contributed by atoms with E-state index in [-0.39, 0.29) is 12.4 Å². The van der Waals surface area contributed by atoms with E-state index in [2.05, 4.69) is 0 Å². The second-order valence-corrected chi connectivity index (χ2v) is 4.96. The van der Waals surface area contributed by atoms with Crippen LogP contribution in [-0.2, 0) is 11.2 Å². The Morgan fingerprint density at radius 2 is 2.00 bits per heavy atom. The van der Waals surface area contributed by atoms with E-state index in [0.29, 0.717) is 17.9 Å². The second kappa shape index (κ2) is 5.46. The monoisotopic (exact) mass is 240 g/mol. The fourth-order valence-corrected chi connectivity index (χ4v) is 1.61. The maximum atomic E-state index is 11.8. The molecule has 0 aliphatic rings. The molecule has 0 bridgehead atoms. The number of aliphatic hydroxyl groups excluding tert-OH is 1. The van der Waals surface area contributed by atoms with Crippen LogP contribution in [0.1, 0.15) is 25.8 Å². The van der Waals surface area contributed by atoms with E-state index in [0.717, 1.165) is 5.56 Å². The van der Waals surface area contributed by atoms with Crippen molar-refractivity contribution in [2.45, 2.75) is 26.7 Å². The number of ketones is 1. The van der Waals surface area contributed by atoms with Crippen molar-refractivity contribution in [3.05, 3.63) is 34.9 Å². The van der Waals surface area contributed by atoms with Crippen molar-refractivity contribution in [3.8, 4) is 0 Å². The van der Waals surface area contributed by atoms with E-state index >= 15 is 0 Å². The molecule has 1 aromatic carbocycles. The lowest BCUT2D eigenvalue weighted by molar-refractivity contribution is -0.128. The molecular formula is C13H17ClO2. The molecule has 1 aromatic rings. The quantitative estimate of drug-likeness (QED) is 0.859. The fraction of sp³-hybridized carbons (Fsp3) is 0.462. The molecule has 88 valence electrons. The lowest BCUT2D eigenvalue weighted by atomic mass is 9.86. The van der Waals surface area contributed by atoms with E-state index in [1.807, 2.05) is 24.3 Å². The number of Topliss-reactive ketones (excluding diaryl/α,β-unsaturated/α-hetero) is 1. The first-order valence-electron chi connectivity index (χ1n) is 5.35. The summed E-state index contributed by atoms with van der Waals surface area (Å²) in [6.45, 7) is 3.39. The van der Waals surface area contributed by atoms with Gasteiger partial charge in [-0.15, -0.1) is 0 Å². The van der Waals surface area contributed by atoms with Gasteiger partial charge in [0.15, 0.2) is 0 Å². The number of hydrogen-bond acceptors (Lipinski definition) is 2. The molecule has 0 spiro atoms. The van der Waals surface area contributed by atoms with Gasteiger partial charge in [0.05, 0.1) is 6.61 Å². The second-order valence-electron chi connectivity index (χ2n) is 4.56. The zero-order chi connectivity index (χ0) is 12.2. The Hall–Kier alpha value is -0.860. The van der Waals surface area contributed by atoms with Crippen LogP contribution in [0, 0.1) is 5.41 Å². The van der Waals surface area contributed by atoms with E-state index < -0.39 is 5.41 Å². The van der Waals surface area contributed by atoms with Crippen molar-refractivity contribution < 1.29 is 9.90 Å². The molecule has 0 atom stereocenters. The van der Waals surface area contributed by atoms with Crippen LogP contribution in [0.25, 0.3) is 0 Å². The van der Waals surface area contributed by atoms with Gasteiger partial charge in [-0.25, -0.2) is 0 Å². The highest BCUT2D eigenvalue weighted by molar-refractivity contribution is 6.31. The molecule has 0 fully saturated rings. The number of halogens is 1. The summed E-state index contributed by atoms with van der Waals surface area (Å²) >= 11 is 6.00. The van der Waals surface area contributed by atoms with Crippen molar-refractivity contribution in [1.82, 2.24) is 0 Å². The summed E-state index contributed by atoms with van der Waals surface area (Å²) in [5.41, 5.74) is 0.326. The molecule has 16 heavy (non-hydrogen) atoms. The summed E-state index contributed by atoms with van der Waals surface area (Å²) in [4.78, 5) is 11.8. The van der Waals surface area contributed by atoms with E-state index in [9.17, 15) is 4.79 Å². The molecule has 0 radical (unpaired) electrons. The first-order chi connectivity index (χ1) is 7.47. The number of aliphatic hydroxyl groups is 1. The topological polar surface area (TPSA) is 37.3 Å². The number of rotatable bonds is 5. The third-order valence-electron chi connectivity index (χ3n) is 2.73. The molecule has 0 heterocycles. The van der Waals surface area contributed by atoms with Gasteiger partial charge in [-0.05, 0) is 18.1 Å². The summed E-state index contributed by atoms with van der Waals surface area (Å²) in [6, 6.07) is 7.51. The van der Waals surface area contributed by atoms with Gasteiger partial charge in [0.2, 0.25) is 0 Å². The van der Waals surface area contributed by atoms with Crippen LogP contribution in [0.3, 0.4) is 0 Å². The minimum Gasteiger partial charge on any atom is -0.395 e. The molecule has 1 rings (SSSR count). The van der Waals surface area contributed by atoms with Crippen molar-refractivity contribution in [2.75, 3.05) is 6.61 Å². The van der Waals surface area contributed by atoms with E-state index in [1.165, 1.54) is 0 Å². The highest BCUT2D eigenvalue weighted by Crippen LogP contribution is 2.21. The van der Waals surface area contributed by atoms with Crippen LogP contribution in [0.2, 0.25) is 5.02 Å². The Bertz CT molecular complexity index is 372. The molecule has 2 nitrogen and oxygen atoms in total. The fourth-order valence-electron chi connectivity index (χ4n) is 1.38. The minimum atomic E-state index is -0.652. The van der Waals surface area contributed by atoms with Gasteiger partial charge in [-0.1, -0.05) is 43.6 Å². The first-order valence-corrected chi connectivity index (χ1v) is 5.73. The molecule has 0 aliphatic heterocycles. The number of benzene rings is 1. The number of hydrogen-bond donors (Lipinski definition) is 1. The number of carbonyl (C=O) groups is 1. The third kappa shape index (κ3) is 3.32. The Balaban J connectivity index is 2.59. The van der Waals surface area contributed by atoms with Gasteiger partial charge in [-0.3, -0.25) is 4.79 Å². The molecule has 1 N–H and O–H groups in total. The normalized spacial score (nSPS) is 11.5. The highest BCUT2D eigenvalue weighted by Gasteiger charge is 2.25. The van der Waals surface area contributed by atoms with Crippen molar-refractivity contribution in [1.29, 1.82) is 0 Å². The predicted molar refractivity (Wildman–Crippen MR) is 65.6 cm³/mol. The largest absolute Gasteiger partial charge is 0.395 e. The van der Waals surface area contributed by atoms with Crippen LogP contribution in [0.15, 0.2) is 24.3 Å². The molecule has 0 saturated heterocycles. The maximum absolute atomic E-state index is 11.8. The average molecular weight is 241 g/mol. The standard InChI is InChI=1S/C13H17ClO2/c1-13(2,9-15)12(16)8-7-10-5-3-4-6-11(10)14/h3-6,15H,7-9H2,1-2H3. The minimum absolute atomic E-state index is 0.0647. The molecule has 0 aromatic heterocycles. The molecule has 0 aliphatic carbocycles. The Labute approximate surface area is 101 Å². The Morgan fingerprint density at radius 1 is 1.38 bits per heavy atom. The molecule has 3 heteroatoms. The van der Waals surface area contributed by atoms with Gasteiger partial charge in [0, 0.05) is 16.9 Å². The van der Waals surface area contributed by atoms with Crippen LogP contribution in [-0.4, -0.2) is 17.5 Å². The SMILES string of the molecule is CC(C)(CO)C(=O)CCc1ccccc1Cl. The summed E-state index contributed by atoms with van der Waals surface area (Å²) < 4.78 is 0. The van der Waals surface area contributed by atoms with Crippen LogP contribution in [0.4, 0.5) is 0 Å². The maximum Gasteiger partial charge on any atom is 0.141 e. The molecule has 0 unspecified atom stereocenters. The summed E-state index contributed by atoms with van der Waals surface area (Å²) in [7, 11) is 0. The zero-order valence-electron chi connectivity index (χ0n) is 9.66. The van der Waals surface area contributed by atoms with Crippen LogP contribution < -0.4 is 0 Å². The molecular weight excluding hydrogens is 224 g/mol.